The molecule has 0 fully saturated rings. The van der Waals surface area contributed by atoms with E-state index in [0.29, 0.717) is 23.3 Å². The van der Waals surface area contributed by atoms with E-state index in [9.17, 15) is 0 Å². The molecule has 0 bridgehead atoms. The first-order valence-electron chi connectivity index (χ1n) is 9.05. The highest BCUT2D eigenvalue weighted by Gasteiger charge is 2.11. The van der Waals surface area contributed by atoms with Crippen LogP contribution in [0.5, 0.6) is 11.5 Å². The average molecular weight is 425 g/mol. The summed E-state index contributed by atoms with van der Waals surface area (Å²) in [5.74, 6) is 1.48. The molecule has 1 aromatic heterocycles. The first-order chi connectivity index (χ1) is 14.2. The Kier molecular flexibility index (Phi) is 6.03. The number of halogens is 2. The van der Waals surface area contributed by atoms with E-state index in [4.69, 9.17) is 32.7 Å². The van der Waals surface area contributed by atoms with E-state index in [0.717, 1.165) is 33.9 Å². The van der Waals surface area contributed by atoms with Crippen molar-refractivity contribution in [3.8, 4) is 22.8 Å². The predicted molar refractivity (Wildman–Crippen MR) is 116 cm³/mol. The van der Waals surface area contributed by atoms with Gasteiger partial charge in [0.15, 0.2) is 0 Å². The Morgan fingerprint density at radius 2 is 1.38 bits per heavy atom. The predicted octanol–water partition coefficient (Wildman–Crippen LogP) is 6.54. The molecule has 0 aliphatic rings. The van der Waals surface area contributed by atoms with Crippen LogP contribution >= 0.6 is 23.2 Å². The molecule has 146 valence electrons. The lowest BCUT2D eigenvalue weighted by Crippen LogP contribution is -1.99. The number of rotatable bonds is 7. The summed E-state index contributed by atoms with van der Waals surface area (Å²) in [7, 11) is 0. The van der Waals surface area contributed by atoms with Crippen molar-refractivity contribution in [1.82, 2.24) is 9.97 Å². The van der Waals surface area contributed by atoms with Crippen LogP contribution < -0.4 is 9.47 Å². The Hall–Kier alpha value is -2.95. The molecule has 4 aromatic rings. The number of aromatic nitrogens is 2. The SMILES string of the molecule is Clc1ccc(COc2ccc(OCc3ccc(Cl)cc3)c(-c3cnc[nH]3)c2)cc1. The van der Waals surface area contributed by atoms with Gasteiger partial charge < -0.3 is 14.5 Å². The normalized spacial score (nSPS) is 10.7. The summed E-state index contributed by atoms with van der Waals surface area (Å²) in [4.78, 5) is 7.25. The quantitative estimate of drug-likeness (QED) is 0.366. The first kappa shape index (κ1) is 19.4. The van der Waals surface area contributed by atoms with Gasteiger partial charge in [0.1, 0.15) is 24.7 Å². The zero-order valence-electron chi connectivity index (χ0n) is 15.4. The summed E-state index contributed by atoms with van der Waals surface area (Å²) in [6.45, 7) is 0.883. The zero-order valence-corrected chi connectivity index (χ0v) is 17.0. The summed E-state index contributed by atoms with van der Waals surface area (Å²) < 4.78 is 12.0. The van der Waals surface area contributed by atoms with Crippen LogP contribution in [0.3, 0.4) is 0 Å². The number of hydrogen-bond donors (Lipinski definition) is 1. The van der Waals surface area contributed by atoms with Crippen LogP contribution in [0.25, 0.3) is 11.3 Å². The largest absolute Gasteiger partial charge is 0.489 e. The van der Waals surface area contributed by atoms with Gasteiger partial charge >= 0.3 is 0 Å². The fraction of sp³-hybridized carbons (Fsp3) is 0.0870. The van der Waals surface area contributed by atoms with Gasteiger partial charge in [0, 0.05) is 15.6 Å². The Morgan fingerprint density at radius 3 is 1.97 bits per heavy atom. The molecule has 6 heteroatoms. The number of aromatic amines is 1. The van der Waals surface area contributed by atoms with Crippen LogP contribution in [0.2, 0.25) is 10.0 Å². The van der Waals surface area contributed by atoms with E-state index in [1.807, 2.05) is 66.7 Å². The number of benzene rings is 3. The maximum absolute atomic E-state index is 6.06. The smallest absolute Gasteiger partial charge is 0.129 e. The highest BCUT2D eigenvalue weighted by Crippen LogP contribution is 2.33. The lowest BCUT2D eigenvalue weighted by atomic mass is 10.1. The van der Waals surface area contributed by atoms with E-state index in [2.05, 4.69) is 9.97 Å². The molecule has 0 spiro atoms. The average Bonchev–Trinajstić information content (AvgIpc) is 3.28. The molecule has 0 amide bonds. The lowest BCUT2D eigenvalue weighted by Gasteiger charge is -2.13. The van der Waals surface area contributed by atoms with E-state index < -0.39 is 0 Å². The number of hydrogen-bond acceptors (Lipinski definition) is 3. The standard InChI is InChI=1S/C23H18Cl2N2O2/c24-18-5-1-16(2-6-18)13-28-20-9-10-23(21(11-20)22-12-26-15-27-22)29-14-17-3-7-19(25)8-4-17/h1-12,15H,13-14H2,(H,26,27). The third kappa shape index (κ3) is 5.11. The van der Waals surface area contributed by atoms with E-state index in [1.165, 1.54) is 0 Å². The molecule has 0 unspecified atom stereocenters. The molecule has 29 heavy (non-hydrogen) atoms. The molecule has 1 heterocycles. The molecular formula is C23H18Cl2N2O2. The summed E-state index contributed by atoms with van der Waals surface area (Å²) in [5, 5.41) is 1.41. The zero-order chi connectivity index (χ0) is 20.1. The molecule has 0 saturated heterocycles. The van der Waals surface area contributed by atoms with Crippen LogP contribution in [0.1, 0.15) is 11.1 Å². The minimum absolute atomic E-state index is 0.434. The third-order valence-electron chi connectivity index (χ3n) is 4.37. The van der Waals surface area contributed by atoms with Gasteiger partial charge in [-0.25, -0.2) is 4.98 Å². The van der Waals surface area contributed by atoms with Crippen molar-refractivity contribution >= 4 is 23.2 Å². The molecule has 4 rings (SSSR count). The van der Waals surface area contributed by atoms with Gasteiger partial charge in [0.25, 0.3) is 0 Å². The van der Waals surface area contributed by atoms with Crippen molar-refractivity contribution in [3.63, 3.8) is 0 Å². The monoisotopic (exact) mass is 424 g/mol. The maximum atomic E-state index is 6.06. The van der Waals surface area contributed by atoms with Gasteiger partial charge in [-0.1, -0.05) is 47.5 Å². The number of nitrogens with one attached hydrogen (secondary N) is 1. The number of H-pyrrole nitrogens is 1. The van der Waals surface area contributed by atoms with Crippen molar-refractivity contribution in [2.24, 2.45) is 0 Å². The van der Waals surface area contributed by atoms with Crippen LogP contribution in [0.15, 0.2) is 79.3 Å². The molecule has 0 radical (unpaired) electrons. The van der Waals surface area contributed by atoms with Gasteiger partial charge in [0.2, 0.25) is 0 Å². The Labute approximate surface area is 179 Å². The Balaban J connectivity index is 1.52. The molecule has 0 atom stereocenters. The van der Waals surface area contributed by atoms with Crippen LogP contribution in [-0.4, -0.2) is 9.97 Å². The minimum Gasteiger partial charge on any atom is -0.489 e. The van der Waals surface area contributed by atoms with Crippen LogP contribution in [0, 0.1) is 0 Å². The maximum Gasteiger partial charge on any atom is 0.129 e. The summed E-state index contributed by atoms with van der Waals surface area (Å²) in [6.07, 6.45) is 3.40. The van der Waals surface area contributed by atoms with Crippen molar-refractivity contribution in [3.05, 3.63) is 100 Å². The van der Waals surface area contributed by atoms with E-state index >= 15 is 0 Å². The van der Waals surface area contributed by atoms with Crippen molar-refractivity contribution < 1.29 is 9.47 Å². The second kappa shape index (κ2) is 9.03. The second-order valence-corrected chi connectivity index (χ2v) is 7.33. The molecule has 0 saturated carbocycles. The second-order valence-electron chi connectivity index (χ2n) is 6.45. The van der Waals surface area contributed by atoms with Crippen molar-refractivity contribution in [2.75, 3.05) is 0 Å². The lowest BCUT2D eigenvalue weighted by molar-refractivity contribution is 0.298. The highest BCUT2D eigenvalue weighted by atomic mass is 35.5. The number of nitrogens with zero attached hydrogens (tertiary/aromatic N) is 1. The van der Waals surface area contributed by atoms with Crippen molar-refractivity contribution in [1.29, 1.82) is 0 Å². The van der Waals surface area contributed by atoms with Gasteiger partial charge in [-0.3, -0.25) is 0 Å². The molecule has 0 aliphatic carbocycles. The summed E-state index contributed by atoms with van der Waals surface area (Å²) >= 11 is 11.9. The highest BCUT2D eigenvalue weighted by molar-refractivity contribution is 6.30. The Morgan fingerprint density at radius 1 is 0.759 bits per heavy atom. The van der Waals surface area contributed by atoms with Gasteiger partial charge in [-0.05, 0) is 53.6 Å². The fourth-order valence-corrected chi connectivity index (χ4v) is 3.08. The number of ether oxygens (including phenoxy) is 2. The molecular weight excluding hydrogens is 407 g/mol. The molecule has 1 N–H and O–H groups in total. The Bertz CT molecular complexity index is 1060. The third-order valence-corrected chi connectivity index (χ3v) is 4.87. The summed E-state index contributed by atoms with van der Waals surface area (Å²) in [6, 6.07) is 20.9. The fourth-order valence-electron chi connectivity index (χ4n) is 2.83. The van der Waals surface area contributed by atoms with Gasteiger partial charge in [0.05, 0.1) is 18.2 Å². The topological polar surface area (TPSA) is 47.1 Å². The number of imidazole rings is 1. The van der Waals surface area contributed by atoms with Crippen LogP contribution in [0.4, 0.5) is 0 Å². The summed E-state index contributed by atoms with van der Waals surface area (Å²) in [5.41, 5.74) is 3.81. The van der Waals surface area contributed by atoms with E-state index in [1.54, 1.807) is 12.5 Å². The molecule has 4 nitrogen and oxygen atoms in total. The van der Waals surface area contributed by atoms with E-state index in [-0.39, 0.29) is 0 Å². The minimum atomic E-state index is 0.434. The molecule has 0 aliphatic heterocycles. The van der Waals surface area contributed by atoms with Crippen LogP contribution in [-0.2, 0) is 13.2 Å². The molecule has 3 aromatic carbocycles. The van der Waals surface area contributed by atoms with Gasteiger partial charge in [-0.2, -0.15) is 0 Å². The first-order valence-corrected chi connectivity index (χ1v) is 9.80. The van der Waals surface area contributed by atoms with Crippen molar-refractivity contribution in [2.45, 2.75) is 13.2 Å². The van der Waals surface area contributed by atoms with Gasteiger partial charge in [-0.15, -0.1) is 0 Å².